The van der Waals surface area contributed by atoms with E-state index >= 15 is 0 Å². The Kier molecular flexibility index (Phi) is 19.5. The standard InChI is InChI=1S/C15H24N2O6.C13H21NO5/c1-9(15(22)23)5-14(21)16-6-13(12(4)20)17(7-10(2)18)8-11(3)19;1-8(13(18)19)5-12(11(4)17)14(6-9(2)15)7-10(3)16/h9,13H,5-8H2,1-4H3,(H,16,21)(H,22,23);8,12H,5-7H2,1-4H3,(H,18,19). The quantitative estimate of drug-likeness (QED) is 0.171. The first-order chi connectivity index (χ1) is 19.2. The summed E-state index contributed by atoms with van der Waals surface area (Å²) in [5.74, 6) is -5.43. The maximum absolute atomic E-state index is 11.8. The minimum absolute atomic E-state index is 0.0316. The van der Waals surface area contributed by atoms with Gasteiger partial charge in [-0.2, -0.15) is 0 Å². The highest BCUT2D eigenvalue weighted by molar-refractivity contribution is 5.88. The molecule has 0 aliphatic heterocycles. The SMILES string of the molecule is CC(=O)CN(CC(C)=O)C(CC(C)C(=O)O)C(C)=O.CC(=O)CN(CC(C)=O)C(CNC(=O)CC(C)C(=O)O)C(C)=O. The van der Waals surface area contributed by atoms with E-state index in [1.165, 1.54) is 65.2 Å². The number of nitrogens with one attached hydrogen (secondary N) is 1. The first kappa shape index (κ1) is 40.5. The number of carboxylic acid groups (broad SMARTS) is 2. The Morgan fingerprint density at radius 1 is 0.571 bits per heavy atom. The molecule has 4 atom stereocenters. The number of rotatable bonds is 20. The molecule has 0 spiro atoms. The zero-order valence-electron chi connectivity index (χ0n) is 25.7. The van der Waals surface area contributed by atoms with E-state index in [2.05, 4.69) is 5.32 Å². The smallest absolute Gasteiger partial charge is 0.306 e. The minimum atomic E-state index is -1.09. The van der Waals surface area contributed by atoms with Gasteiger partial charge in [-0.05, 0) is 48.0 Å². The van der Waals surface area contributed by atoms with Crippen molar-refractivity contribution < 1.29 is 53.4 Å². The molecule has 0 aliphatic carbocycles. The van der Waals surface area contributed by atoms with Gasteiger partial charge < -0.3 is 15.5 Å². The van der Waals surface area contributed by atoms with Crippen LogP contribution in [0.1, 0.15) is 68.2 Å². The van der Waals surface area contributed by atoms with Crippen molar-refractivity contribution in [3.05, 3.63) is 0 Å². The first-order valence-electron chi connectivity index (χ1n) is 13.4. The molecule has 0 bridgehead atoms. The number of hydrogen-bond acceptors (Lipinski definition) is 11. The molecule has 0 rings (SSSR count). The van der Waals surface area contributed by atoms with Crippen LogP contribution in [-0.2, 0) is 43.2 Å². The molecule has 0 fully saturated rings. The van der Waals surface area contributed by atoms with Crippen LogP contribution in [0.15, 0.2) is 0 Å². The lowest BCUT2D eigenvalue weighted by Crippen LogP contribution is -2.51. The van der Waals surface area contributed by atoms with E-state index in [-0.39, 0.29) is 80.3 Å². The lowest BCUT2D eigenvalue weighted by atomic mass is 9.97. The van der Waals surface area contributed by atoms with Crippen molar-refractivity contribution in [2.24, 2.45) is 11.8 Å². The van der Waals surface area contributed by atoms with Crippen LogP contribution < -0.4 is 5.32 Å². The van der Waals surface area contributed by atoms with E-state index in [0.717, 1.165) is 0 Å². The molecular weight excluding hydrogens is 554 g/mol. The van der Waals surface area contributed by atoms with Crippen LogP contribution in [0.25, 0.3) is 0 Å². The van der Waals surface area contributed by atoms with Gasteiger partial charge in [-0.3, -0.25) is 53.0 Å². The largest absolute Gasteiger partial charge is 0.481 e. The molecule has 0 aromatic rings. The highest BCUT2D eigenvalue weighted by Gasteiger charge is 2.29. The molecule has 0 aliphatic rings. The van der Waals surface area contributed by atoms with Crippen LogP contribution in [-0.4, -0.2) is 117 Å². The summed E-state index contributed by atoms with van der Waals surface area (Å²) >= 11 is 0. The second kappa shape index (κ2) is 20.3. The van der Waals surface area contributed by atoms with Crippen LogP contribution >= 0.6 is 0 Å². The summed E-state index contributed by atoms with van der Waals surface area (Å²) in [6.07, 6.45) is -0.120. The van der Waals surface area contributed by atoms with Gasteiger partial charge in [-0.25, -0.2) is 0 Å². The maximum atomic E-state index is 11.8. The van der Waals surface area contributed by atoms with E-state index in [1.807, 2.05) is 0 Å². The van der Waals surface area contributed by atoms with Gasteiger partial charge in [0.25, 0.3) is 0 Å². The lowest BCUT2D eigenvalue weighted by Gasteiger charge is -2.29. The van der Waals surface area contributed by atoms with Gasteiger partial charge in [0.1, 0.15) is 34.7 Å². The van der Waals surface area contributed by atoms with E-state index in [1.54, 1.807) is 0 Å². The van der Waals surface area contributed by atoms with E-state index in [9.17, 15) is 43.2 Å². The molecule has 0 aromatic carbocycles. The molecule has 0 radical (unpaired) electrons. The van der Waals surface area contributed by atoms with Crippen LogP contribution in [0.2, 0.25) is 0 Å². The molecular formula is C28H45N3O11. The van der Waals surface area contributed by atoms with Gasteiger partial charge in [0.2, 0.25) is 5.91 Å². The first-order valence-corrected chi connectivity index (χ1v) is 13.4. The number of aliphatic carboxylic acids is 2. The predicted octanol–water partition coefficient (Wildman–Crippen LogP) is 0.186. The van der Waals surface area contributed by atoms with Gasteiger partial charge in [-0.1, -0.05) is 13.8 Å². The Hall–Kier alpha value is -3.65. The third kappa shape index (κ3) is 18.7. The van der Waals surface area contributed by atoms with Crippen LogP contribution in [0, 0.1) is 11.8 Å². The maximum Gasteiger partial charge on any atom is 0.306 e. The van der Waals surface area contributed by atoms with Crippen molar-refractivity contribution in [3.8, 4) is 0 Å². The molecule has 4 unspecified atom stereocenters. The normalized spacial score (nSPS) is 13.6. The summed E-state index contributed by atoms with van der Waals surface area (Å²) < 4.78 is 0. The number of carboxylic acids is 2. The zero-order valence-corrected chi connectivity index (χ0v) is 25.7. The fourth-order valence-electron chi connectivity index (χ4n) is 3.88. The zero-order chi connectivity index (χ0) is 33.3. The van der Waals surface area contributed by atoms with Crippen molar-refractivity contribution in [2.75, 3.05) is 32.7 Å². The van der Waals surface area contributed by atoms with Gasteiger partial charge in [0, 0.05) is 13.0 Å². The summed E-state index contributed by atoms with van der Waals surface area (Å²) in [6, 6.07) is -1.54. The second-order valence-electron chi connectivity index (χ2n) is 10.6. The molecule has 0 heterocycles. The Labute approximate surface area is 246 Å². The third-order valence-electron chi connectivity index (χ3n) is 5.93. The summed E-state index contributed by atoms with van der Waals surface area (Å²) in [7, 11) is 0. The molecule has 14 nitrogen and oxygen atoms in total. The number of amides is 1. The summed E-state index contributed by atoms with van der Waals surface area (Å²) in [4.78, 5) is 105. The summed E-state index contributed by atoms with van der Waals surface area (Å²) in [5.41, 5.74) is 0. The number of nitrogens with zero attached hydrogens (tertiary/aromatic N) is 2. The topological polar surface area (TPSA) is 213 Å². The van der Waals surface area contributed by atoms with Crippen molar-refractivity contribution in [1.29, 1.82) is 0 Å². The average Bonchev–Trinajstić information content (AvgIpc) is 2.80. The van der Waals surface area contributed by atoms with Gasteiger partial charge in [0.15, 0.2) is 0 Å². The molecule has 42 heavy (non-hydrogen) atoms. The number of ketones is 6. The van der Waals surface area contributed by atoms with Crippen molar-refractivity contribution >= 4 is 52.5 Å². The molecule has 3 N–H and O–H groups in total. The fourth-order valence-corrected chi connectivity index (χ4v) is 3.88. The molecule has 14 heteroatoms. The highest BCUT2D eigenvalue weighted by Crippen LogP contribution is 2.14. The molecule has 0 saturated carbocycles. The second-order valence-corrected chi connectivity index (χ2v) is 10.6. The Bertz CT molecular complexity index is 993. The number of carbonyl (C=O) groups excluding carboxylic acids is 7. The van der Waals surface area contributed by atoms with Crippen LogP contribution in [0.4, 0.5) is 0 Å². The Morgan fingerprint density at radius 3 is 1.19 bits per heavy atom. The van der Waals surface area contributed by atoms with Crippen LogP contribution in [0.5, 0.6) is 0 Å². The van der Waals surface area contributed by atoms with Crippen molar-refractivity contribution in [2.45, 2.75) is 80.3 Å². The molecule has 1 amide bonds. The number of Topliss-reactive ketones (excluding diaryl/α,β-unsaturated/α-hetero) is 6. The van der Waals surface area contributed by atoms with Crippen molar-refractivity contribution in [3.63, 3.8) is 0 Å². The van der Waals surface area contributed by atoms with E-state index < -0.39 is 41.8 Å². The summed E-state index contributed by atoms with van der Waals surface area (Å²) in [6.45, 7) is 10.7. The average molecular weight is 600 g/mol. The highest BCUT2D eigenvalue weighted by atomic mass is 16.4. The number of hydrogen-bond donors (Lipinski definition) is 3. The minimum Gasteiger partial charge on any atom is -0.481 e. The van der Waals surface area contributed by atoms with E-state index in [0.29, 0.717) is 0 Å². The lowest BCUT2D eigenvalue weighted by molar-refractivity contribution is -0.143. The van der Waals surface area contributed by atoms with Gasteiger partial charge in [-0.15, -0.1) is 0 Å². The number of carbonyl (C=O) groups is 9. The molecule has 0 saturated heterocycles. The van der Waals surface area contributed by atoms with Gasteiger partial charge in [0.05, 0.1) is 50.1 Å². The Balaban J connectivity index is 0. The fraction of sp³-hybridized carbons (Fsp3) is 0.679. The van der Waals surface area contributed by atoms with Crippen molar-refractivity contribution in [1.82, 2.24) is 15.1 Å². The van der Waals surface area contributed by atoms with Gasteiger partial charge >= 0.3 is 11.9 Å². The molecule has 238 valence electrons. The monoisotopic (exact) mass is 599 g/mol. The molecule has 0 aromatic heterocycles. The Morgan fingerprint density at radius 2 is 0.905 bits per heavy atom. The summed E-state index contributed by atoms with van der Waals surface area (Å²) in [5, 5.41) is 20.1. The van der Waals surface area contributed by atoms with Crippen LogP contribution in [0.3, 0.4) is 0 Å². The van der Waals surface area contributed by atoms with E-state index in [4.69, 9.17) is 10.2 Å². The predicted molar refractivity (Wildman–Crippen MR) is 151 cm³/mol. The third-order valence-corrected chi connectivity index (χ3v) is 5.93.